The predicted octanol–water partition coefficient (Wildman–Crippen LogP) is 5.70. The first-order valence-corrected chi connectivity index (χ1v) is 15.0. The molecule has 3 aliphatic rings. The molecule has 0 bridgehead atoms. The number of piperidine rings is 1. The zero-order chi connectivity index (χ0) is 26.2. The van der Waals surface area contributed by atoms with Gasteiger partial charge in [-0.1, -0.05) is 67.8 Å². The Kier molecular flexibility index (Phi) is 9.77. The van der Waals surface area contributed by atoms with E-state index in [-0.39, 0.29) is 0 Å². The summed E-state index contributed by atoms with van der Waals surface area (Å²) < 4.78 is 6.13. The van der Waals surface area contributed by atoms with E-state index in [1.807, 2.05) is 12.1 Å². The zero-order valence-electron chi connectivity index (χ0n) is 23.2. The highest BCUT2D eigenvalue weighted by atomic mass is 16.5. The molecule has 3 atom stereocenters. The highest BCUT2D eigenvalue weighted by Crippen LogP contribution is 2.38. The lowest BCUT2D eigenvalue weighted by molar-refractivity contribution is 0.0511. The van der Waals surface area contributed by atoms with Crippen LogP contribution in [0.25, 0.3) is 6.08 Å². The quantitative estimate of drug-likeness (QED) is 0.447. The molecule has 5 rings (SSSR count). The number of rotatable bonds is 9. The monoisotopic (exact) mass is 517 g/mol. The van der Waals surface area contributed by atoms with Crippen molar-refractivity contribution in [2.45, 2.75) is 69.9 Å². The molecule has 3 unspecified atom stereocenters. The van der Waals surface area contributed by atoms with E-state index in [2.05, 4.69) is 70.6 Å². The fourth-order valence-corrected chi connectivity index (χ4v) is 6.56. The van der Waals surface area contributed by atoms with E-state index in [4.69, 9.17) is 4.74 Å². The van der Waals surface area contributed by atoms with Crippen molar-refractivity contribution in [1.82, 2.24) is 10.2 Å². The molecule has 2 saturated heterocycles. The first-order chi connectivity index (χ1) is 18.7. The molecule has 5 heteroatoms. The van der Waals surface area contributed by atoms with E-state index >= 15 is 0 Å². The second-order valence-corrected chi connectivity index (χ2v) is 11.7. The molecule has 1 saturated carbocycles. The van der Waals surface area contributed by atoms with E-state index in [0.717, 1.165) is 44.0 Å². The Morgan fingerprint density at radius 3 is 2.63 bits per heavy atom. The standard InChI is InChI=1S/C33H47N3O2/c1-26-23-36(32-15-7-6-14-31(32)28-11-3-2-4-12-28)21-20-35(26)24-30(37)25-38-33-16-8-5-13-29(33)18-17-27-10-9-19-34-22-27/h5-8,13-18,26-28,30,34,37H,2-4,9-12,19-25H2,1H3/b18-17+. The summed E-state index contributed by atoms with van der Waals surface area (Å²) in [5.74, 6) is 2.14. The zero-order valence-corrected chi connectivity index (χ0v) is 23.2. The van der Waals surface area contributed by atoms with Crippen LogP contribution in [-0.2, 0) is 0 Å². The number of para-hydroxylation sites is 2. The molecule has 2 aliphatic heterocycles. The van der Waals surface area contributed by atoms with Gasteiger partial charge in [0.05, 0.1) is 0 Å². The Morgan fingerprint density at radius 2 is 1.82 bits per heavy atom. The number of β-amino-alcohol motifs (C(OH)–C–C–N with tert-alkyl or cyclic N) is 1. The number of anilines is 1. The Morgan fingerprint density at radius 1 is 1.00 bits per heavy atom. The molecular weight excluding hydrogens is 470 g/mol. The number of nitrogens with one attached hydrogen (secondary N) is 1. The third-order valence-electron chi connectivity index (χ3n) is 8.77. The summed E-state index contributed by atoms with van der Waals surface area (Å²) in [6.45, 7) is 8.40. The van der Waals surface area contributed by atoms with Gasteiger partial charge in [-0.15, -0.1) is 0 Å². The molecule has 5 nitrogen and oxygen atoms in total. The van der Waals surface area contributed by atoms with Crippen LogP contribution in [0.15, 0.2) is 54.6 Å². The maximum Gasteiger partial charge on any atom is 0.126 e. The minimum Gasteiger partial charge on any atom is -0.490 e. The van der Waals surface area contributed by atoms with Gasteiger partial charge in [-0.2, -0.15) is 0 Å². The lowest BCUT2D eigenvalue weighted by atomic mass is 9.83. The van der Waals surface area contributed by atoms with E-state index in [1.165, 1.54) is 50.6 Å². The Labute approximate surface area is 229 Å². The van der Waals surface area contributed by atoms with E-state index < -0.39 is 6.10 Å². The molecule has 0 spiro atoms. The number of piperazine rings is 1. The molecule has 2 aromatic rings. The van der Waals surface area contributed by atoms with Crippen LogP contribution in [0.1, 0.15) is 68.9 Å². The number of nitrogens with zero attached hydrogens (tertiary/aromatic N) is 2. The smallest absolute Gasteiger partial charge is 0.126 e. The van der Waals surface area contributed by atoms with Crippen molar-refractivity contribution in [3.05, 3.63) is 65.7 Å². The molecule has 2 N–H and O–H groups in total. The van der Waals surface area contributed by atoms with Crippen molar-refractivity contribution in [3.63, 3.8) is 0 Å². The van der Waals surface area contributed by atoms with Crippen molar-refractivity contribution < 1.29 is 9.84 Å². The van der Waals surface area contributed by atoms with Gasteiger partial charge in [0.15, 0.2) is 0 Å². The first-order valence-electron chi connectivity index (χ1n) is 15.0. The third kappa shape index (κ3) is 7.19. The van der Waals surface area contributed by atoms with Gasteiger partial charge in [0, 0.05) is 50.0 Å². The summed E-state index contributed by atoms with van der Waals surface area (Å²) in [4.78, 5) is 5.01. The summed E-state index contributed by atoms with van der Waals surface area (Å²) in [6, 6.07) is 17.6. The SMILES string of the molecule is CC1CN(c2ccccc2C2CCCCC2)CCN1CC(O)COc1ccccc1/C=C/C1CCCNC1. The molecule has 0 radical (unpaired) electrons. The Bertz CT molecular complexity index is 1030. The lowest BCUT2D eigenvalue weighted by Crippen LogP contribution is -2.54. The fraction of sp³-hybridized carbons (Fsp3) is 0.576. The number of hydrogen-bond donors (Lipinski definition) is 2. The number of benzene rings is 2. The molecular formula is C33H47N3O2. The van der Waals surface area contributed by atoms with Crippen LogP contribution in [0.3, 0.4) is 0 Å². The Balaban J connectivity index is 1.13. The first kappa shape index (κ1) is 27.2. The van der Waals surface area contributed by atoms with Crippen LogP contribution in [0.4, 0.5) is 5.69 Å². The van der Waals surface area contributed by atoms with Gasteiger partial charge >= 0.3 is 0 Å². The summed E-state index contributed by atoms with van der Waals surface area (Å²) in [6.07, 6.45) is 13.2. The van der Waals surface area contributed by atoms with Crippen molar-refractivity contribution in [3.8, 4) is 5.75 Å². The second-order valence-electron chi connectivity index (χ2n) is 11.7. The summed E-state index contributed by atoms with van der Waals surface area (Å²) in [5, 5.41) is 14.4. The summed E-state index contributed by atoms with van der Waals surface area (Å²) in [7, 11) is 0. The fourth-order valence-electron chi connectivity index (χ4n) is 6.56. The molecule has 1 aliphatic carbocycles. The van der Waals surface area contributed by atoms with Crippen molar-refractivity contribution in [1.29, 1.82) is 0 Å². The summed E-state index contributed by atoms with van der Waals surface area (Å²) >= 11 is 0. The minimum absolute atomic E-state index is 0.313. The van der Waals surface area contributed by atoms with Crippen LogP contribution in [0.5, 0.6) is 5.75 Å². The van der Waals surface area contributed by atoms with Gasteiger partial charge < -0.3 is 20.1 Å². The van der Waals surface area contributed by atoms with Gasteiger partial charge in [0.25, 0.3) is 0 Å². The van der Waals surface area contributed by atoms with Crippen molar-refractivity contribution in [2.24, 2.45) is 5.92 Å². The number of aliphatic hydroxyl groups is 1. The molecule has 38 heavy (non-hydrogen) atoms. The van der Waals surface area contributed by atoms with Crippen molar-refractivity contribution >= 4 is 11.8 Å². The van der Waals surface area contributed by atoms with Gasteiger partial charge in [-0.05, 0) is 68.7 Å². The average molecular weight is 518 g/mol. The predicted molar refractivity (Wildman–Crippen MR) is 158 cm³/mol. The van der Waals surface area contributed by atoms with Crippen LogP contribution in [0.2, 0.25) is 0 Å². The average Bonchev–Trinajstić information content (AvgIpc) is 2.97. The van der Waals surface area contributed by atoms with Gasteiger partial charge in [0.2, 0.25) is 0 Å². The van der Waals surface area contributed by atoms with Gasteiger partial charge in [-0.3, -0.25) is 4.90 Å². The largest absolute Gasteiger partial charge is 0.490 e. The molecule has 206 valence electrons. The van der Waals surface area contributed by atoms with Crippen LogP contribution >= 0.6 is 0 Å². The highest BCUT2D eigenvalue weighted by Gasteiger charge is 2.28. The van der Waals surface area contributed by atoms with Crippen LogP contribution in [-0.4, -0.2) is 68.0 Å². The second kappa shape index (κ2) is 13.6. The molecule has 0 amide bonds. The molecule has 2 heterocycles. The van der Waals surface area contributed by atoms with E-state index in [1.54, 1.807) is 5.56 Å². The number of hydrogen-bond acceptors (Lipinski definition) is 5. The highest BCUT2D eigenvalue weighted by molar-refractivity contribution is 5.57. The van der Waals surface area contributed by atoms with Gasteiger partial charge in [0.1, 0.15) is 18.5 Å². The molecule has 2 aromatic carbocycles. The number of ether oxygens (including phenoxy) is 1. The van der Waals surface area contributed by atoms with Gasteiger partial charge in [-0.25, -0.2) is 0 Å². The maximum absolute atomic E-state index is 10.9. The van der Waals surface area contributed by atoms with Crippen molar-refractivity contribution in [2.75, 3.05) is 50.8 Å². The maximum atomic E-state index is 10.9. The lowest BCUT2D eigenvalue weighted by Gasteiger charge is -2.43. The van der Waals surface area contributed by atoms with E-state index in [0.29, 0.717) is 31.0 Å². The molecule has 0 aromatic heterocycles. The minimum atomic E-state index is -0.516. The Hall–Kier alpha value is -2.34. The van der Waals surface area contributed by atoms with E-state index in [9.17, 15) is 5.11 Å². The number of aliphatic hydroxyl groups excluding tert-OH is 1. The van der Waals surface area contributed by atoms with Crippen LogP contribution < -0.4 is 15.0 Å². The third-order valence-corrected chi connectivity index (χ3v) is 8.77. The normalized spacial score (nSPS) is 24.5. The summed E-state index contributed by atoms with van der Waals surface area (Å²) in [5.41, 5.74) is 4.07. The molecule has 3 fully saturated rings. The van der Waals surface area contributed by atoms with Crippen LogP contribution in [0, 0.1) is 5.92 Å². The topological polar surface area (TPSA) is 48.0 Å².